The van der Waals surface area contributed by atoms with Gasteiger partial charge in [0.2, 0.25) is 5.91 Å². The van der Waals surface area contributed by atoms with Gasteiger partial charge in [0.25, 0.3) is 0 Å². The molecule has 0 rings (SSSR count). The molecule has 0 bridgehead atoms. The molecule has 0 aliphatic carbocycles. The van der Waals surface area contributed by atoms with Gasteiger partial charge in [0.1, 0.15) is 0 Å². The maximum atomic E-state index is 11.9. The van der Waals surface area contributed by atoms with Crippen LogP contribution in [0.25, 0.3) is 0 Å². The van der Waals surface area contributed by atoms with Crippen molar-refractivity contribution >= 4 is 11.9 Å². The van der Waals surface area contributed by atoms with Gasteiger partial charge >= 0.3 is 5.97 Å². The highest BCUT2D eigenvalue weighted by Gasteiger charge is 2.06. The monoisotopic (exact) mass is 353 g/mol. The van der Waals surface area contributed by atoms with Crippen molar-refractivity contribution in [2.75, 3.05) is 13.6 Å². The minimum Gasteiger partial charge on any atom is -0.481 e. The van der Waals surface area contributed by atoms with Gasteiger partial charge in [-0.2, -0.15) is 0 Å². The second-order valence-electron chi connectivity index (χ2n) is 6.46. The molecule has 0 fully saturated rings. The molecule has 0 aliphatic rings. The molecule has 0 saturated heterocycles. The Kier molecular flexibility index (Phi) is 14.9. The Hall–Kier alpha value is -1.62. The lowest BCUT2D eigenvalue weighted by atomic mass is 10.1. The summed E-state index contributed by atoms with van der Waals surface area (Å²) in [7, 11) is 1.78. The molecule has 1 amide bonds. The summed E-state index contributed by atoms with van der Waals surface area (Å²) in [6.07, 6.45) is 15.1. The molecule has 0 unspecified atom stereocenters. The first kappa shape index (κ1) is 23.4. The quantitative estimate of drug-likeness (QED) is 0.345. The number of hydrogen-bond donors (Lipinski definition) is 2. The summed E-state index contributed by atoms with van der Waals surface area (Å²) >= 11 is 0. The van der Waals surface area contributed by atoms with Crippen LogP contribution in [0.15, 0.2) is 24.3 Å². The first-order chi connectivity index (χ1) is 12.0. The zero-order valence-corrected chi connectivity index (χ0v) is 15.8. The van der Waals surface area contributed by atoms with Gasteiger partial charge in [-0.25, -0.2) is 0 Å². The van der Waals surface area contributed by atoms with Crippen LogP contribution in [0, 0.1) is 0 Å². The molecule has 1 atom stereocenters. The number of aliphatic hydroxyl groups is 1. The highest BCUT2D eigenvalue weighted by Crippen LogP contribution is 2.07. The summed E-state index contributed by atoms with van der Waals surface area (Å²) < 4.78 is 0. The lowest BCUT2D eigenvalue weighted by Gasteiger charge is -2.14. The molecule has 2 N–H and O–H groups in total. The standard InChI is InChI=1S/C20H35NO4/c1-3-4-8-13-18(22)14-9-7-12-17-21(2)19(23)15-10-5-6-11-16-20(24)25/h7,9,12,14,18,22H,3-6,8,10-11,13,15-17H2,1-2H3,(H,24,25)/b12-7-,14-9+/t18-/m0/s1. The largest absolute Gasteiger partial charge is 0.481 e. The number of hydrogen-bond acceptors (Lipinski definition) is 3. The van der Waals surface area contributed by atoms with Crippen LogP contribution in [-0.2, 0) is 9.59 Å². The van der Waals surface area contributed by atoms with Crippen LogP contribution in [0.2, 0.25) is 0 Å². The van der Waals surface area contributed by atoms with E-state index in [9.17, 15) is 14.7 Å². The molecule has 5 heteroatoms. The Morgan fingerprint density at radius 3 is 2.32 bits per heavy atom. The summed E-state index contributed by atoms with van der Waals surface area (Å²) in [6.45, 7) is 2.69. The maximum absolute atomic E-state index is 11.9. The molecule has 0 aliphatic heterocycles. The van der Waals surface area contributed by atoms with Crippen molar-refractivity contribution in [3.63, 3.8) is 0 Å². The first-order valence-corrected chi connectivity index (χ1v) is 9.44. The summed E-state index contributed by atoms with van der Waals surface area (Å²) in [4.78, 5) is 24.0. The summed E-state index contributed by atoms with van der Waals surface area (Å²) in [6, 6.07) is 0. The number of carbonyl (C=O) groups is 2. The molecule has 0 heterocycles. The third-order valence-electron chi connectivity index (χ3n) is 4.02. The third-order valence-corrected chi connectivity index (χ3v) is 4.02. The summed E-state index contributed by atoms with van der Waals surface area (Å²) in [5, 5.41) is 18.3. The fraction of sp³-hybridized carbons (Fsp3) is 0.700. The van der Waals surface area contributed by atoms with Crippen molar-refractivity contribution < 1.29 is 19.8 Å². The van der Waals surface area contributed by atoms with Crippen LogP contribution in [-0.4, -0.2) is 46.7 Å². The second kappa shape index (κ2) is 15.9. The molecular weight excluding hydrogens is 318 g/mol. The van der Waals surface area contributed by atoms with E-state index in [-0.39, 0.29) is 12.3 Å². The Morgan fingerprint density at radius 1 is 1.00 bits per heavy atom. The maximum Gasteiger partial charge on any atom is 0.303 e. The van der Waals surface area contributed by atoms with Gasteiger partial charge in [0.15, 0.2) is 0 Å². The smallest absolute Gasteiger partial charge is 0.303 e. The van der Waals surface area contributed by atoms with E-state index in [1.54, 1.807) is 18.0 Å². The molecule has 144 valence electrons. The number of amides is 1. The number of allylic oxidation sites excluding steroid dienone is 2. The number of rotatable bonds is 15. The lowest BCUT2D eigenvalue weighted by molar-refractivity contribution is -0.137. The Labute approximate surface area is 152 Å². The lowest BCUT2D eigenvalue weighted by Crippen LogP contribution is -2.26. The number of carboxylic acids is 1. The topological polar surface area (TPSA) is 77.8 Å². The van der Waals surface area contributed by atoms with E-state index in [0.29, 0.717) is 19.4 Å². The van der Waals surface area contributed by atoms with Crippen molar-refractivity contribution in [1.82, 2.24) is 4.90 Å². The number of unbranched alkanes of at least 4 members (excludes halogenated alkanes) is 5. The molecule has 0 radical (unpaired) electrons. The molecule has 0 aromatic carbocycles. The minimum atomic E-state index is -0.759. The number of carboxylic acid groups (broad SMARTS) is 1. The Balaban J connectivity index is 3.76. The van der Waals surface area contributed by atoms with E-state index in [4.69, 9.17) is 5.11 Å². The van der Waals surface area contributed by atoms with Gasteiger partial charge in [-0.05, 0) is 19.3 Å². The van der Waals surface area contributed by atoms with E-state index < -0.39 is 12.1 Å². The van der Waals surface area contributed by atoms with E-state index in [0.717, 1.165) is 44.9 Å². The van der Waals surface area contributed by atoms with Gasteiger partial charge in [-0.3, -0.25) is 9.59 Å². The zero-order chi connectivity index (χ0) is 18.9. The average molecular weight is 354 g/mol. The molecule has 5 nitrogen and oxygen atoms in total. The van der Waals surface area contributed by atoms with Crippen LogP contribution >= 0.6 is 0 Å². The van der Waals surface area contributed by atoms with Crippen molar-refractivity contribution in [3.8, 4) is 0 Å². The molecule has 0 spiro atoms. The van der Waals surface area contributed by atoms with Crippen LogP contribution < -0.4 is 0 Å². The third kappa shape index (κ3) is 15.6. The SMILES string of the molecule is CCCCC[C@H](O)/C=C/C=C\CN(C)C(=O)CCCCCCC(=O)O. The van der Waals surface area contributed by atoms with Crippen molar-refractivity contribution in [1.29, 1.82) is 0 Å². The van der Waals surface area contributed by atoms with Gasteiger partial charge in [0, 0.05) is 26.4 Å². The van der Waals surface area contributed by atoms with E-state index in [2.05, 4.69) is 6.92 Å². The number of likely N-dealkylation sites (N-methyl/N-ethyl adjacent to an activating group) is 1. The number of carbonyl (C=O) groups excluding carboxylic acids is 1. The van der Waals surface area contributed by atoms with Crippen LogP contribution in [0.1, 0.15) is 71.1 Å². The first-order valence-electron chi connectivity index (χ1n) is 9.44. The normalized spacial score (nSPS) is 12.8. The fourth-order valence-electron chi connectivity index (χ4n) is 2.39. The molecule has 0 saturated carbocycles. The van der Waals surface area contributed by atoms with Gasteiger partial charge in [0.05, 0.1) is 6.10 Å². The van der Waals surface area contributed by atoms with E-state index in [1.807, 2.05) is 18.2 Å². The summed E-state index contributed by atoms with van der Waals surface area (Å²) in [5.74, 6) is -0.656. The molecular formula is C20H35NO4. The van der Waals surface area contributed by atoms with E-state index in [1.165, 1.54) is 0 Å². The Morgan fingerprint density at radius 2 is 1.68 bits per heavy atom. The average Bonchev–Trinajstić information content (AvgIpc) is 2.57. The predicted molar refractivity (Wildman–Crippen MR) is 101 cm³/mol. The van der Waals surface area contributed by atoms with E-state index >= 15 is 0 Å². The zero-order valence-electron chi connectivity index (χ0n) is 15.8. The van der Waals surface area contributed by atoms with Crippen molar-refractivity contribution in [2.45, 2.75) is 77.2 Å². The summed E-state index contributed by atoms with van der Waals surface area (Å²) in [5.41, 5.74) is 0. The van der Waals surface area contributed by atoms with Gasteiger partial charge in [-0.15, -0.1) is 0 Å². The fourth-order valence-corrected chi connectivity index (χ4v) is 2.39. The number of nitrogens with zero attached hydrogens (tertiary/aromatic N) is 1. The van der Waals surface area contributed by atoms with Crippen molar-refractivity contribution in [2.24, 2.45) is 0 Å². The highest BCUT2D eigenvalue weighted by molar-refractivity contribution is 5.75. The number of aliphatic hydroxyl groups excluding tert-OH is 1. The minimum absolute atomic E-state index is 0.103. The Bertz CT molecular complexity index is 418. The van der Waals surface area contributed by atoms with Gasteiger partial charge < -0.3 is 15.1 Å². The van der Waals surface area contributed by atoms with Crippen LogP contribution in [0.4, 0.5) is 0 Å². The molecule has 0 aromatic rings. The van der Waals surface area contributed by atoms with Crippen LogP contribution in [0.3, 0.4) is 0 Å². The second-order valence-corrected chi connectivity index (χ2v) is 6.46. The highest BCUT2D eigenvalue weighted by atomic mass is 16.4. The predicted octanol–water partition coefficient (Wildman–Crippen LogP) is 3.92. The van der Waals surface area contributed by atoms with Crippen molar-refractivity contribution in [3.05, 3.63) is 24.3 Å². The molecule has 0 aromatic heterocycles. The molecule has 25 heavy (non-hydrogen) atoms. The van der Waals surface area contributed by atoms with Crippen LogP contribution in [0.5, 0.6) is 0 Å². The number of aliphatic carboxylic acids is 1. The van der Waals surface area contributed by atoms with Gasteiger partial charge in [-0.1, -0.05) is 63.3 Å².